The molecular formula is C132H132. The lowest BCUT2D eigenvalue weighted by molar-refractivity contribution is 0.867. The zero-order valence-corrected chi connectivity index (χ0v) is 81.0. The van der Waals surface area contributed by atoms with E-state index >= 15 is 0 Å². The van der Waals surface area contributed by atoms with Crippen molar-refractivity contribution in [3.05, 3.63) is 504 Å². The normalized spacial score (nSPS) is 10.9. The van der Waals surface area contributed by atoms with Gasteiger partial charge in [0.1, 0.15) is 0 Å². The Kier molecular flexibility index (Phi) is 33.6. The quantitative estimate of drug-likeness (QED) is 0.0803. The molecule has 0 saturated heterocycles. The first-order chi connectivity index (χ1) is 64.0. The van der Waals surface area contributed by atoms with E-state index in [9.17, 15) is 0 Å². The fourth-order valence-electron chi connectivity index (χ4n) is 17.7. The second kappa shape index (κ2) is 46.5. The Hall–Kier alpha value is -14.0. The molecule has 0 heteroatoms. The van der Waals surface area contributed by atoms with Gasteiger partial charge in [-0.1, -0.05) is 537 Å². The van der Waals surface area contributed by atoms with Crippen molar-refractivity contribution in [3.8, 4) is 134 Å². The first kappa shape index (κ1) is 95.5. The van der Waals surface area contributed by atoms with Crippen LogP contribution in [-0.2, 0) is 0 Å². The van der Waals surface area contributed by atoms with Gasteiger partial charge in [0.15, 0.2) is 0 Å². The first-order valence-electron chi connectivity index (χ1n) is 47.5. The Balaban J connectivity index is 0.000000135. The number of hydrogen-bond acceptors (Lipinski definition) is 0. The standard InChI is InChI=1S/6C22H22/c1-16(2)19-14-9-15-21(20-13-8-7-10-17(20)3)22(19)18-11-5-4-6-12-18;1-16(2)19-14-9-15-21(18-11-5-4-6-12-18)22(19)20-13-8-7-10-17(20)3;1-16(2)19-13-14-21(20-12-8-7-9-17(20)3)22(15-19)18-10-5-4-6-11-18;1-16(2)19-11-7-8-12-20(19)21-14-13-17(3)15-22(21)18-9-5-4-6-10-18;1-16(2)19-10-7-11-20(15-19)21-13-12-17(3)14-22(21)18-8-5-4-6-9-18;1-16(2)18-10-12-20(13-11-18)21-14-9-17(3)15-22(21)19-7-5-4-6-8-19/h6*4-16H,1-3H3. The summed E-state index contributed by atoms with van der Waals surface area (Å²) in [4.78, 5) is 0. The third-order valence-corrected chi connectivity index (χ3v) is 25.1. The number of rotatable bonds is 18. The summed E-state index contributed by atoms with van der Waals surface area (Å²) in [5.74, 6) is 3.16. The molecule has 0 aliphatic carbocycles. The van der Waals surface area contributed by atoms with Crippen molar-refractivity contribution in [3.63, 3.8) is 0 Å². The molecule has 0 aliphatic rings. The van der Waals surface area contributed by atoms with Crippen LogP contribution in [0.15, 0.2) is 437 Å². The minimum atomic E-state index is 0.498. The molecule has 0 atom stereocenters. The summed E-state index contributed by atoms with van der Waals surface area (Å²) in [7, 11) is 0. The molecule has 660 valence electrons. The molecule has 0 amide bonds. The minimum absolute atomic E-state index is 0.498. The van der Waals surface area contributed by atoms with Crippen LogP contribution in [-0.4, -0.2) is 0 Å². The fraction of sp³-hybridized carbons (Fsp3) is 0.182. The van der Waals surface area contributed by atoms with Crippen LogP contribution in [0.2, 0.25) is 0 Å². The average Bonchev–Trinajstić information content (AvgIpc) is 0.774. The molecule has 132 heavy (non-hydrogen) atoms. The predicted molar refractivity (Wildman–Crippen MR) is 577 cm³/mol. The second-order valence-electron chi connectivity index (χ2n) is 36.9. The number of benzene rings is 18. The van der Waals surface area contributed by atoms with Gasteiger partial charge in [0, 0.05) is 0 Å². The van der Waals surface area contributed by atoms with Crippen molar-refractivity contribution in [2.24, 2.45) is 0 Å². The summed E-state index contributed by atoms with van der Waals surface area (Å²) >= 11 is 0. The Bertz CT molecular complexity index is 6660. The van der Waals surface area contributed by atoms with Gasteiger partial charge in [0.05, 0.1) is 0 Å². The minimum Gasteiger partial charge on any atom is -0.0622 e. The van der Waals surface area contributed by atoms with Crippen LogP contribution in [0.25, 0.3) is 134 Å². The average molecular weight is 1720 g/mol. The Morgan fingerprint density at radius 3 is 0.826 bits per heavy atom. The smallest absolute Gasteiger partial charge is 0.00680 e. The van der Waals surface area contributed by atoms with E-state index in [1.165, 1.54) is 200 Å². The van der Waals surface area contributed by atoms with Crippen LogP contribution in [0, 0.1) is 41.5 Å². The van der Waals surface area contributed by atoms with Crippen LogP contribution in [0.5, 0.6) is 0 Å². The molecule has 0 nitrogen and oxygen atoms in total. The molecule has 18 aromatic rings. The number of aryl methyl sites for hydroxylation is 6. The summed E-state index contributed by atoms with van der Waals surface area (Å²) in [5.41, 5.74) is 47.7. The fourth-order valence-corrected chi connectivity index (χ4v) is 17.7. The van der Waals surface area contributed by atoms with E-state index in [0.717, 1.165) is 0 Å². The molecule has 0 fully saturated rings. The van der Waals surface area contributed by atoms with Crippen molar-refractivity contribution in [1.82, 2.24) is 0 Å². The molecule has 0 aromatic heterocycles. The lowest BCUT2D eigenvalue weighted by Crippen LogP contribution is -1.97. The maximum atomic E-state index is 2.35. The zero-order chi connectivity index (χ0) is 93.2. The van der Waals surface area contributed by atoms with E-state index in [1.807, 2.05) is 0 Å². The SMILES string of the molecule is Cc1ccc(-c2ccc(C(C)C)cc2)c(-c2ccccc2)c1.Cc1ccc(-c2cccc(C(C)C)c2)c(-c2ccccc2)c1.Cc1ccc(-c2ccccc2C(C)C)c(-c2ccccc2)c1.Cc1ccccc1-c1c(-c2ccccc2)cccc1C(C)C.Cc1ccccc1-c1ccc(C(C)C)cc1-c1ccccc1.Cc1ccccc1-c1cccc(C(C)C)c1-c1ccccc1. The lowest BCUT2D eigenvalue weighted by atomic mass is 9.85. The van der Waals surface area contributed by atoms with E-state index in [4.69, 9.17) is 0 Å². The van der Waals surface area contributed by atoms with E-state index in [-0.39, 0.29) is 0 Å². The summed E-state index contributed by atoms with van der Waals surface area (Å²) < 4.78 is 0. The van der Waals surface area contributed by atoms with Gasteiger partial charge in [0.2, 0.25) is 0 Å². The van der Waals surface area contributed by atoms with Gasteiger partial charge in [-0.25, -0.2) is 0 Å². The summed E-state index contributed by atoms with van der Waals surface area (Å²) in [6, 6.07) is 157. The first-order valence-corrected chi connectivity index (χ1v) is 47.5. The largest absolute Gasteiger partial charge is 0.0622 e. The van der Waals surface area contributed by atoms with Crippen LogP contribution >= 0.6 is 0 Å². The summed E-state index contributed by atoms with van der Waals surface area (Å²) in [6.45, 7) is 40.1. The summed E-state index contributed by atoms with van der Waals surface area (Å²) in [5, 5.41) is 0. The van der Waals surface area contributed by atoms with Crippen LogP contribution in [0.3, 0.4) is 0 Å². The van der Waals surface area contributed by atoms with Gasteiger partial charge in [-0.2, -0.15) is 0 Å². The van der Waals surface area contributed by atoms with Crippen molar-refractivity contribution < 1.29 is 0 Å². The van der Waals surface area contributed by atoms with Gasteiger partial charge in [-0.15, -0.1) is 0 Å². The maximum Gasteiger partial charge on any atom is -0.00680 e. The van der Waals surface area contributed by atoms with Gasteiger partial charge < -0.3 is 0 Å². The Labute approximate surface area is 791 Å². The van der Waals surface area contributed by atoms with Crippen molar-refractivity contribution >= 4 is 0 Å². The van der Waals surface area contributed by atoms with Crippen molar-refractivity contribution in [2.45, 2.75) is 160 Å². The molecule has 0 heterocycles. The third-order valence-electron chi connectivity index (χ3n) is 25.1. The molecule has 0 aliphatic heterocycles. The second-order valence-corrected chi connectivity index (χ2v) is 36.9. The highest BCUT2D eigenvalue weighted by Gasteiger charge is 2.21. The third kappa shape index (κ3) is 24.5. The molecule has 18 rings (SSSR count). The van der Waals surface area contributed by atoms with Gasteiger partial charge in [0.25, 0.3) is 0 Å². The predicted octanol–water partition coefficient (Wildman–Crippen LogP) is 38.7. The molecule has 0 spiro atoms. The molecule has 0 radical (unpaired) electrons. The zero-order valence-electron chi connectivity index (χ0n) is 81.0. The molecule has 0 saturated carbocycles. The van der Waals surface area contributed by atoms with Crippen molar-refractivity contribution in [2.75, 3.05) is 0 Å². The highest BCUT2D eigenvalue weighted by Crippen LogP contribution is 2.45. The van der Waals surface area contributed by atoms with Gasteiger partial charge >= 0.3 is 0 Å². The molecule has 18 aromatic carbocycles. The van der Waals surface area contributed by atoms with E-state index in [0.29, 0.717) is 35.5 Å². The Morgan fingerprint density at radius 2 is 0.402 bits per heavy atom. The van der Waals surface area contributed by atoms with E-state index in [2.05, 4.69) is 561 Å². The molecule has 0 N–H and O–H groups in total. The molecule has 0 bridgehead atoms. The Morgan fingerprint density at radius 1 is 0.129 bits per heavy atom. The van der Waals surface area contributed by atoms with Gasteiger partial charge in [-0.05, 0) is 261 Å². The molecular weight excluding hydrogens is 1590 g/mol. The highest BCUT2D eigenvalue weighted by atomic mass is 14.3. The lowest BCUT2D eigenvalue weighted by Gasteiger charge is -2.19. The van der Waals surface area contributed by atoms with Gasteiger partial charge in [-0.3, -0.25) is 0 Å². The highest BCUT2D eigenvalue weighted by molar-refractivity contribution is 5.92. The van der Waals surface area contributed by atoms with Crippen LogP contribution in [0.1, 0.15) is 185 Å². The van der Waals surface area contributed by atoms with Crippen LogP contribution in [0.4, 0.5) is 0 Å². The van der Waals surface area contributed by atoms with E-state index < -0.39 is 0 Å². The summed E-state index contributed by atoms with van der Waals surface area (Å²) in [6.07, 6.45) is 0. The van der Waals surface area contributed by atoms with Crippen LogP contribution < -0.4 is 0 Å². The number of hydrogen-bond donors (Lipinski definition) is 0. The van der Waals surface area contributed by atoms with Crippen molar-refractivity contribution in [1.29, 1.82) is 0 Å². The molecule has 0 unspecified atom stereocenters. The monoisotopic (exact) mass is 1720 g/mol. The maximum absolute atomic E-state index is 2.35. The topological polar surface area (TPSA) is 0 Å². The van der Waals surface area contributed by atoms with E-state index in [1.54, 1.807) is 0 Å².